The molecule has 3 aliphatic heterocycles. The van der Waals surface area contributed by atoms with Crippen LogP contribution in [0.25, 0.3) is 0 Å². The van der Waals surface area contributed by atoms with Crippen LogP contribution >= 0.6 is 12.6 Å². The average molecular weight is 383 g/mol. The molecule has 0 saturated carbocycles. The van der Waals surface area contributed by atoms with Gasteiger partial charge in [0.2, 0.25) is 11.8 Å². The van der Waals surface area contributed by atoms with E-state index in [1.54, 1.807) is 0 Å². The first-order valence-corrected chi connectivity index (χ1v) is 9.49. The van der Waals surface area contributed by atoms with Gasteiger partial charge in [0, 0.05) is 26.1 Å². The van der Waals surface area contributed by atoms with Crippen molar-refractivity contribution in [1.82, 2.24) is 10.2 Å². The van der Waals surface area contributed by atoms with E-state index in [0.717, 1.165) is 0 Å². The van der Waals surface area contributed by atoms with Gasteiger partial charge in [0.15, 0.2) is 0 Å². The molecule has 8 nitrogen and oxygen atoms in total. The zero-order valence-electron chi connectivity index (χ0n) is 14.8. The van der Waals surface area contributed by atoms with Crippen LogP contribution < -0.4 is 11.1 Å². The van der Waals surface area contributed by atoms with E-state index in [-0.39, 0.29) is 18.4 Å². The summed E-state index contributed by atoms with van der Waals surface area (Å²) in [6.45, 7) is 2.94. The summed E-state index contributed by atoms with van der Waals surface area (Å²) in [5, 5.41) is 2.52. The highest BCUT2D eigenvalue weighted by atomic mass is 32.1. The summed E-state index contributed by atoms with van der Waals surface area (Å²) in [6, 6.07) is 0. The fourth-order valence-corrected chi connectivity index (χ4v) is 4.32. The van der Waals surface area contributed by atoms with E-state index in [1.807, 2.05) is 19.1 Å². The fourth-order valence-electron chi connectivity index (χ4n) is 4.18. The molecule has 0 spiro atoms. The number of hydrogen-bond donors (Lipinski definition) is 3. The van der Waals surface area contributed by atoms with Crippen molar-refractivity contribution >= 4 is 30.5 Å². The minimum Gasteiger partial charge on any atom is -0.449 e. The first-order chi connectivity index (χ1) is 12.4. The van der Waals surface area contributed by atoms with Crippen molar-refractivity contribution in [2.45, 2.75) is 31.0 Å². The first kappa shape index (κ1) is 19.2. The van der Waals surface area contributed by atoms with Crippen LogP contribution in [0.5, 0.6) is 0 Å². The molecule has 0 aromatic rings. The van der Waals surface area contributed by atoms with Crippen LogP contribution in [0.1, 0.15) is 19.8 Å². The Kier molecular flexibility index (Phi) is 5.32. The van der Waals surface area contributed by atoms with Gasteiger partial charge < -0.3 is 20.5 Å². The smallest absolute Gasteiger partial charge is 0.407 e. The molecule has 26 heavy (non-hydrogen) atoms. The van der Waals surface area contributed by atoms with Crippen molar-refractivity contribution in [3.8, 4) is 0 Å². The van der Waals surface area contributed by atoms with Crippen LogP contribution in [0.3, 0.4) is 0 Å². The van der Waals surface area contributed by atoms with E-state index in [9.17, 15) is 14.4 Å². The number of carbonyl (C=O) groups excluding carboxylic acids is 3. The normalized spacial score (nSPS) is 34.5. The second kappa shape index (κ2) is 7.21. The van der Waals surface area contributed by atoms with Crippen molar-refractivity contribution in [2.75, 3.05) is 32.0 Å². The van der Waals surface area contributed by atoms with Gasteiger partial charge >= 0.3 is 6.09 Å². The number of carbonyl (C=O) groups is 3. The molecule has 0 aromatic heterocycles. The van der Waals surface area contributed by atoms with Gasteiger partial charge in [-0.1, -0.05) is 12.2 Å². The molecule has 4 unspecified atom stereocenters. The van der Waals surface area contributed by atoms with Crippen molar-refractivity contribution in [3.05, 3.63) is 12.2 Å². The Morgan fingerprint density at radius 2 is 2.12 bits per heavy atom. The van der Waals surface area contributed by atoms with Crippen LogP contribution in [0.15, 0.2) is 12.2 Å². The summed E-state index contributed by atoms with van der Waals surface area (Å²) in [7, 11) is 0. The molecule has 144 valence electrons. The third-order valence-electron chi connectivity index (χ3n) is 5.33. The van der Waals surface area contributed by atoms with E-state index >= 15 is 0 Å². The topological polar surface area (TPSA) is 111 Å². The monoisotopic (exact) mass is 383 g/mol. The number of hydrogen-bond acceptors (Lipinski definition) is 7. The second-order valence-corrected chi connectivity index (χ2v) is 7.48. The molecule has 2 saturated heterocycles. The Morgan fingerprint density at radius 1 is 1.38 bits per heavy atom. The molecule has 3 amide bonds. The molecule has 4 atom stereocenters. The van der Waals surface area contributed by atoms with Crippen LogP contribution in [-0.2, 0) is 19.1 Å². The number of imide groups is 1. The lowest BCUT2D eigenvalue weighted by atomic mass is 9.71. The van der Waals surface area contributed by atoms with Crippen LogP contribution in [0, 0.1) is 11.8 Å². The molecule has 3 aliphatic rings. The summed E-state index contributed by atoms with van der Waals surface area (Å²) in [5.74, 6) is -0.874. The minimum atomic E-state index is -0.907. The predicted octanol–water partition coefficient (Wildman–Crippen LogP) is 0.0800. The maximum Gasteiger partial charge on any atom is 0.407 e. The van der Waals surface area contributed by atoms with Crippen molar-refractivity contribution in [2.24, 2.45) is 17.6 Å². The minimum absolute atomic E-state index is 0.0815. The summed E-state index contributed by atoms with van der Waals surface area (Å²) in [5.41, 5.74) is 3.62. The molecule has 0 aliphatic carbocycles. The van der Waals surface area contributed by atoms with E-state index < -0.39 is 29.1 Å². The molecule has 9 heteroatoms. The highest BCUT2D eigenvalue weighted by Crippen LogP contribution is 2.58. The second-order valence-electron chi connectivity index (χ2n) is 7.04. The van der Waals surface area contributed by atoms with Gasteiger partial charge in [-0.25, -0.2) is 4.79 Å². The highest BCUT2D eigenvalue weighted by Gasteiger charge is 2.71. The number of rotatable bonds is 8. The van der Waals surface area contributed by atoms with Gasteiger partial charge in [-0.2, -0.15) is 12.6 Å². The lowest BCUT2D eigenvalue weighted by Crippen LogP contribution is -2.42. The number of alkyl carbamates (subject to hydrolysis) is 1. The van der Waals surface area contributed by atoms with E-state index in [4.69, 9.17) is 15.2 Å². The Hall–Kier alpha value is -1.58. The van der Waals surface area contributed by atoms with Crippen LogP contribution in [0.4, 0.5) is 4.79 Å². The standard InChI is InChI=1S/C17H25N3O5S/c1-16-3-4-17(25-16,5-9-24-15(23)19-7-6-18)12-11(16)13(21)20(14(12)22)8-2-10-26/h3-4,11-12,26H,2,5-10,18H2,1H3,(H,19,23). The van der Waals surface area contributed by atoms with Crippen molar-refractivity contribution in [1.29, 1.82) is 0 Å². The van der Waals surface area contributed by atoms with Gasteiger partial charge in [-0.05, 0) is 19.1 Å². The highest BCUT2D eigenvalue weighted by molar-refractivity contribution is 7.80. The van der Waals surface area contributed by atoms with E-state index in [0.29, 0.717) is 38.2 Å². The largest absolute Gasteiger partial charge is 0.449 e. The Morgan fingerprint density at radius 3 is 2.81 bits per heavy atom. The van der Waals surface area contributed by atoms with Crippen LogP contribution in [0.2, 0.25) is 0 Å². The molecule has 3 rings (SSSR count). The summed E-state index contributed by atoms with van der Waals surface area (Å²) in [6.07, 6.45) is 4.12. The summed E-state index contributed by atoms with van der Waals surface area (Å²) < 4.78 is 11.3. The molecular weight excluding hydrogens is 358 g/mol. The zero-order chi connectivity index (χ0) is 18.9. The number of ether oxygens (including phenoxy) is 2. The maximum atomic E-state index is 12.9. The van der Waals surface area contributed by atoms with E-state index in [1.165, 1.54) is 4.90 Å². The number of nitrogens with one attached hydrogen (secondary N) is 1. The van der Waals surface area contributed by atoms with Crippen LogP contribution in [-0.4, -0.2) is 66.0 Å². The van der Waals surface area contributed by atoms with Crippen molar-refractivity contribution in [3.63, 3.8) is 0 Å². The van der Waals surface area contributed by atoms with Gasteiger partial charge in [-0.3, -0.25) is 14.5 Å². The van der Waals surface area contributed by atoms with Gasteiger partial charge in [0.05, 0.1) is 24.0 Å². The Bertz CT molecular complexity index is 642. The molecule has 2 bridgehead atoms. The lowest BCUT2D eigenvalue weighted by Gasteiger charge is -2.29. The third-order valence-corrected chi connectivity index (χ3v) is 5.64. The first-order valence-electron chi connectivity index (χ1n) is 8.86. The number of amides is 3. The number of nitrogens with zero attached hydrogens (tertiary/aromatic N) is 1. The van der Waals surface area contributed by atoms with Gasteiger partial charge in [0.1, 0.15) is 5.60 Å². The zero-order valence-corrected chi connectivity index (χ0v) is 15.7. The van der Waals surface area contributed by atoms with Crippen molar-refractivity contribution < 1.29 is 23.9 Å². The molecule has 0 radical (unpaired) electrons. The number of fused-ring (bicyclic) bond motifs is 5. The Balaban J connectivity index is 1.70. The number of likely N-dealkylation sites (tertiary alicyclic amines) is 1. The number of thiol groups is 1. The predicted molar refractivity (Wildman–Crippen MR) is 96.6 cm³/mol. The summed E-state index contributed by atoms with van der Waals surface area (Å²) >= 11 is 4.16. The molecule has 0 aromatic carbocycles. The SMILES string of the molecule is CC12C=CC(CCOC(=O)NCCN)(O1)C1C(=O)N(CCCS)C(=O)C12. The summed E-state index contributed by atoms with van der Waals surface area (Å²) in [4.78, 5) is 38.6. The molecule has 3 N–H and O–H groups in total. The molecular formula is C17H25N3O5S. The Labute approximate surface area is 157 Å². The van der Waals surface area contributed by atoms with Gasteiger partial charge in [-0.15, -0.1) is 0 Å². The lowest BCUT2D eigenvalue weighted by molar-refractivity contribution is -0.147. The maximum absolute atomic E-state index is 12.9. The third kappa shape index (κ3) is 3.01. The number of nitrogens with two attached hydrogens (primary N) is 1. The fraction of sp³-hybridized carbons (Fsp3) is 0.706. The van der Waals surface area contributed by atoms with E-state index in [2.05, 4.69) is 17.9 Å². The van der Waals surface area contributed by atoms with Gasteiger partial charge in [0.25, 0.3) is 0 Å². The average Bonchev–Trinajstić information content (AvgIpc) is 3.17. The quantitative estimate of drug-likeness (QED) is 0.311. The molecule has 3 heterocycles. The molecule has 2 fully saturated rings.